The molecule has 74 valence electrons. The van der Waals surface area contributed by atoms with Crippen molar-refractivity contribution < 1.29 is 14.6 Å². The van der Waals surface area contributed by atoms with Crippen molar-refractivity contribution in [3.63, 3.8) is 0 Å². The number of ketones is 1. The van der Waals surface area contributed by atoms with Crippen LogP contribution in [-0.4, -0.2) is 16.5 Å². The number of Topliss-reactive ketones (excluding diaryl/α,β-unsaturated/α-hetero) is 1. The second-order valence-corrected chi connectivity index (χ2v) is 4.12. The second-order valence-electron chi connectivity index (χ2n) is 3.71. The molecule has 1 aromatic rings. The van der Waals surface area contributed by atoms with Gasteiger partial charge in [0.05, 0.1) is 10.6 Å². The standard InChI is InChI=1S/C10H9ClO3/c1-10(2)9(13)7-5(11)3-4-6(12)8(7)14-10/h3-4,12H,1-2H3. The van der Waals surface area contributed by atoms with E-state index in [9.17, 15) is 9.90 Å². The molecule has 1 aromatic carbocycles. The van der Waals surface area contributed by atoms with Crippen LogP contribution < -0.4 is 4.74 Å². The van der Waals surface area contributed by atoms with Crippen molar-refractivity contribution in [3.8, 4) is 11.5 Å². The zero-order chi connectivity index (χ0) is 10.5. The van der Waals surface area contributed by atoms with Gasteiger partial charge in [0.2, 0.25) is 5.78 Å². The summed E-state index contributed by atoms with van der Waals surface area (Å²) in [6.45, 7) is 3.29. The van der Waals surface area contributed by atoms with E-state index < -0.39 is 5.60 Å². The molecule has 0 bridgehead atoms. The molecule has 0 atom stereocenters. The molecule has 0 radical (unpaired) electrons. The highest BCUT2D eigenvalue weighted by Crippen LogP contribution is 2.44. The van der Waals surface area contributed by atoms with E-state index in [1.165, 1.54) is 12.1 Å². The molecule has 1 heterocycles. The quantitative estimate of drug-likeness (QED) is 0.718. The third kappa shape index (κ3) is 1.09. The molecule has 0 spiro atoms. The molecule has 0 aromatic heterocycles. The van der Waals surface area contributed by atoms with E-state index in [1.807, 2.05) is 0 Å². The molecular formula is C10H9ClO3. The van der Waals surface area contributed by atoms with Gasteiger partial charge in [0.1, 0.15) is 0 Å². The molecule has 0 aliphatic carbocycles. The maximum Gasteiger partial charge on any atom is 0.211 e. The predicted molar refractivity (Wildman–Crippen MR) is 52.2 cm³/mol. The van der Waals surface area contributed by atoms with Crippen LogP contribution in [0.1, 0.15) is 24.2 Å². The number of hydrogen-bond acceptors (Lipinski definition) is 3. The summed E-state index contributed by atoms with van der Waals surface area (Å²) in [4.78, 5) is 11.8. The Morgan fingerprint density at radius 1 is 1.43 bits per heavy atom. The third-order valence-corrected chi connectivity index (χ3v) is 2.53. The van der Waals surface area contributed by atoms with Crippen LogP contribution in [0.5, 0.6) is 11.5 Å². The molecular weight excluding hydrogens is 204 g/mol. The van der Waals surface area contributed by atoms with E-state index >= 15 is 0 Å². The number of rotatable bonds is 0. The van der Waals surface area contributed by atoms with Crippen molar-refractivity contribution in [2.45, 2.75) is 19.4 Å². The summed E-state index contributed by atoms with van der Waals surface area (Å²) in [7, 11) is 0. The van der Waals surface area contributed by atoms with Crippen LogP contribution in [0.3, 0.4) is 0 Å². The Hall–Kier alpha value is -1.22. The largest absolute Gasteiger partial charge is 0.504 e. The third-order valence-electron chi connectivity index (χ3n) is 2.22. The van der Waals surface area contributed by atoms with Gasteiger partial charge in [-0.25, -0.2) is 0 Å². The van der Waals surface area contributed by atoms with E-state index in [1.54, 1.807) is 13.8 Å². The fraction of sp³-hybridized carbons (Fsp3) is 0.300. The summed E-state index contributed by atoms with van der Waals surface area (Å²) < 4.78 is 5.33. The first-order valence-electron chi connectivity index (χ1n) is 4.19. The highest BCUT2D eigenvalue weighted by molar-refractivity contribution is 6.35. The number of ether oxygens (including phenoxy) is 1. The Kier molecular flexibility index (Phi) is 1.76. The minimum Gasteiger partial charge on any atom is -0.504 e. The number of phenols is 1. The van der Waals surface area contributed by atoms with Crippen LogP contribution in [-0.2, 0) is 0 Å². The summed E-state index contributed by atoms with van der Waals surface area (Å²) >= 11 is 5.85. The highest BCUT2D eigenvalue weighted by Gasteiger charge is 2.42. The maximum atomic E-state index is 11.8. The first kappa shape index (κ1) is 9.34. The van der Waals surface area contributed by atoms with Crippen LogP contribution >= 0.6 is 11.6 Å². The van der Waals surface area contributed by atoms with Crippen LogP contribution in [0.4, 0.5) is 0 Å². The van der Waals surface area contributed by atoms with Crippen molar-refractivity contribution >= 4 is 17.4 Å². The van der Waals surface area contributed by atoms with Crippen LogP contribution in [0, 0.1) is 0 Å². The highest BCUT2D eigenvalue weighted by atomic mass is 35.5. The number of hydrogen-bond donors (Lipinski definition) is 1. The first-order valence-corrected chi connectivity index (χ1v) is 4.56. The molecule has 0 unspecified atom stereocenters. The molecule has 0 saturated carbocycles. The molecule has 0 amide bonds. The van der Waals surface area contributed by atoms with Crippen molar-refractivity contribution in [2.24, 2.45) is 0 Å². The number of phenolic OH excluding ortho intramolecular Hbond substituents is 1. The lowest BCUT2D eigenvalue weighted by Gasteiger charge is -2.15. The lowest BCUT2D eigenvalue weighted by Crippen LogP contribution is -2.32. The van der Waals surface area contributed by atoms with Gasteiger partial charge < -0.3 is 9.84 Å². The zero-order valence-corrected chi connectivity index (χ0v) is 8.55. The van der Waals surface area contributed by atoms with Gasteiger partial charge in [0.15, 0.2) is 17.1 Å². The summed E-state index contributed by atoms with van der Waals surface area (Å²) in [6, 6.07) is 2.90. The summed E-state index contributed by atoms with van der Waals surface area (Å²) in [6.07, 6.45) is 0. The van der Waals surface area contributed by atoms with Crippen molar-refractivity contribution in [2.75, 3.05) is 0 Å². The lowest BCUT2D eigenvalue weighted by molar-refractivity contribution is 0.0679. The first-order chi connectivity index (χ1) is 6.43. The SMILES string of the molecule is CC1(C)Oc2c(O)ccc(Cl)c2C1=O. The van der Waals surface area contributed by atoms with Crippen LogP contribution in [0.2, 0.25) is 5.02 Å². The van der Waals surface area contributed by atoms with Gasteiger partial charge in [-0.1, -0.05) is 11.6 Å². The van der Waals surface area contributed by atoms with Crippen LogP contribution in [0.25, 0.3) is 0 Å². The molecule has 0 fully saturated rings. The average molecular weight is 213 g/mol. The monoisotopic (exact) mass is 212 g/mol. The fourth-order valence-corrected chi connectivity index (χ4v) is 1.70. The molecule has 4 heteroatoms. The molecule has 1 N–H and O–H groups in total. The number of carbonyl (C=O) groups is 1. The Morgan fingerprint density at radius 3 is 2.64 bits per heavy atom. The maximum absolute atomic E-state index is 11.8. The normalized spacial score (nSPS) is 17.8. The topological polar surface area (TPSA) is 46.5 Å². The van der Waals surface area contributed by atoms with Crippen molar-refractivity contribution in [1.82, 2.24) is 0 Å². The summed E-state index contributed by atoms with van der Waals surface area (Å²) in [5, 5.41) is 9.78. The summed E-state index contributed by atoms with van der Waals surface area (Å²) in [5.41, 5.74) is -0.665. The number of benzene rings is 1. The van der Waals surface area contributed by atoms with Crippen LogP contribution in [0.15, 0.2) is 12.1 Å². The molecule has 3 nitrogen and oxygen atoms in total. The van der Waals surface area contributed by atoms with Gasteiger partial charge in [0, 0.05) is 0 Å². The van der Waals surface area contributed by atoms with E-state index in [-0.39, 0.29) is 22.8 Å². The Labute approximate surface area is 86.3 Å². The lowest BCUT2D eigenvalue weighted by atomic mass is 10.00. The van der Waals surface area contributed by atoms with Crippen molar-refractivity contribution in [1.29, 1.82) is 0 Å². The summed E-state index contributed by atoms with van der Waals surface area (Å²) in [5.74, 6) is -0.0655. The smallest absolute Gasteiger partial charge is 0.211 e. The number of halogens is 1. The minimum absolute atomic E-state index is 0.0525. The molecule has 14 heavy (non-hydrogen) atoms. The number of fused-ring (bicyclic) bond motifs is 1. The zero-order valence-electron chi connectivity index (χ0n) is 7.80. The van der Waals surface area contributed by atoms with Crippen molar-refractivity contribution in [3.05, 3.63) is 22.7 Å². The van der Waals surface area contributed by atoms with Gasteiger partial charge in [-0.3, -0.25) is 4.79 Å². The van der Waals surface area contributed by atoms with Gasteiger partial charge in [-0.15, -0.1) is 0 Å². The van der Waals surface area contributed by atoms with E-state index in [0.717, 1.165) is 0 Å². The predicted octanol–water partition coefficient (Wildman–Crippen LogP) is 2.40. The van der Waals surface area contributed by atoms with E-state index in [4.69, 9.17) is 16.3 Å². The average Bonchev–Trinajstić information content (AvgIpc) is 2.33. The van der Waals surface area contributed by atoms with E-state index in [2.05, 4.69) is 0 Å². The Balaban J connectivity index is 2.70. The van der Waals surface area contributed by atoms with Gasteiger partial charge in [-0.05, 0) is 26.0 Å². The number of carbonyl (C=O) groups excluding carboxylic acids is 1. The molecule has 0 saturated heterocycles. The fourth-order valence-electron chi connectivity index (χ4n) is 1.47. The second kappa shape index (κ2) is 2.64. The Morgan fingerprint density at radius 2 is 2.07 bits per heavy atom. The number of aromatic hydroxyl groups is 1. The minimum atomic E-state index is -0.940. The molecule has 2 rings (SSSR count). The molecule has 1 aliphatic rings. The van der Waals surface area contributed by atoms with Gasteiger partial charge >= 0.3 is 0 Å². The molecule has 1 aliphatic heterocycles. The van der Waals surface area contributed by atoms with Gasteiger partial charge in [-0.2, -0.15) is 0 Å². The Bertz CT molecular complexity index is 424. The van der Waals surface area contributed by atoms with Gasteiger partial charge in [0.25, 0.3) is 0 Å². The van der Waals surface area contributed by atoms with E-state index in [0.29, 0.717) is 5.02 Å².